The highest BCUT2D eigenvalue weighted by Crippen LogP contribution is 2.23. The Bertz CT molecular complexity index is 571. The third-order valence-electron chi connectivity index (χ3n) is 3.05. The highest BCUT2D eigenvalue weighted by atomic mass is 32.1. The maximum atomic E-state index is 12.4. The Balaban J connectivity index is 2.01. The molecule has 0 radical (unpaired) electrons. The van der Waals surface area contributed by atoms with Crippen molar-refractivity contribution in [2.24, 2.45) is 0 Å². The van der Waals surface area contributed by atoms with Gasteiger partial charge in [-0.25, -0.2) is 0 Å². The number of nitrogens with one attached hydrogen (secondary N) is 1. The van der Waals surface area contributed by atoms with Crippen LogP contribution in [0.15, 0.2) is 30.3 Å². The molecule has 112 valence electrons. The Kier molecular flexibility index (Phi) is 5.83. The van der Waals surface area contributed by atoms with Crippen LogP contribution in [-0.2, 0) is 16.1 Å². The van der Waals surface area contributed by atoms with Gasteiger partial charge in [0.05, 0.1) is 5.92 Å². The zero-order valence-corrected chi connectivity index (χ0v) is 13.0. The highest BCUT2D eigenvalue weighted by molar-refractivity contribution is 7.15. The molecule has 1 N–H and O–H groups in total. The second-order valence-electron chi connectivity index (χ2n) is 4.50. The van der Waals surface area contributed by atoms with E-state index in [1.807, 2.05) is 44.2 Å². The van der Waals surface area contributed by atoms with Crippen molar-refractivity contribution < 1.29 is 9.53 Å². The normalized spacial score (nSPS) is 12.1. The Labute approximate surface area is 128 Å². The molecule has 2 rings (SSSR count). The molecule has 0 aliphatic rings. The van der Waals surface area contributed by atoms with Crippen LogP contribution in [0, 0.1) is 0 Å². The van der Waals surface area contributed by atoms with E-state index < -0.39 is 0 Å². The quantitative estimate of drug-likeness (QED) is 0.853. The second kappa shape index (κ2) is 7.85. The van der Waals surface area contributed by atoms with Crippen LogP contribution in [0.5, 0.6) is 0 Å². The van der Waals surface area contributed by atoms with E-state index in [-0.39, 0.29) is 11.8 Å². The van der Waals surface area contributed by atoms with Gasteiger partial charge in [-0.3, -0.25) is 10.1 Å². The fourth-order valence-electron chi connectivity index (χ4n) is 2.00. The topological polar surface area (TPSA) is 64.1 Å². The molecule has 0 saturated heterocycles. The number of anilines is 1. The van der Waals surface area contributed by atoms with Gasteiger partial charge in [0.1, 0.15) is 11.6 Å². The van der Waals surface area contributed by atoms with E-state index in [9.17, 15) is 4.79 Å². The summed E-state index contributed by atoms with van der Waals surface area (Å²) in [6.45, 7) is 4.99. The maximum absolute atomic E-state index is 12.4. The molecular formula is C15H19N3O2S. The first-order valence-corrected chi connectivity index (χ1v) is 7.82. The molecule has 0 fully saturated rings. The minimum atomic E-state index is -0.176. The van der Waals surface area contributed by atoms with E-state index in [2.05, 4.69) is 15.5 Å². The summed E-state index contributed by atoms with van der Waals surface area (Å²) in [6.07, 6.45) is 0.737. The molecule has 1 heterocycles. The van der Waals surface area contributed by atoms with Crippen molar-refractivity contribution in [3.63, 3.8) is 0 Å². The van der Waals surface area contributed by atoms with E-state index >= 15 is 0 Å². The van der Waals surface area contributed by atoms with Crippen molar-refractivity contribution in [1.29, 1.82) is 0 Å². The van der Waals surface area contributed by atoms with Gasteiger partial charge in [-0.15, -0.1) is 10.2 Å². The summed E-state index contributed by atoms with van der Waals surface area (Å²) in [5.74, 6) is -0.228. The minimum absolute atomic E-state index is 0.0530. The number of amides is 1. The van der Waals surface area contributed by atoms with E-state index in [1.165, 1.54) is 11.3 Å². The predicted molar refractivity (Wildman–Crippen MR) is 83.3 cm³/mol. The Hall–Kier alpha value is -1.79. The lowest BCUT2D eigenvalue weighted by Crippen LogP contribution is -2.20. The van der Waals surface area contributed by atoms with Crippen LogP contribution < -0.4 is 5.32 Å². The van der Waals surface area contributed by atoms with Gasteiger partial charge in [-0.2, -0.15) is 0 Å². The monoisotopic (exact) mass is 305 g/mol. The van der Waals surface area contributed by atoms with Gasteiger partial charge in [0.15, 0.2) is 0 Å². The summed E-state index contributed by atoms with van der Waals surface area (Å²) in [7, 11) is 0. The number of benzene rings is 1. The molecule has 5 nitrogen and oxygen atoms in total. The first-order valence-electron chi connectivity index (χ1n) is 7.00. The summed E-state index contributed by atoms with van der Waals surface area (Å²) in [4.78, 5) is 12.4. The Morgan fingerprint density at radius 2 is 2.05 bits per heavy atom. The van der Waals surface area contributed by atoms with Gasteiger partial charge in [0.25, 0.3) is 0 Å². The fraction of sp³-hybridized carbons (Fsp3) is 0.400. The van der Waals surface area contributed by atoms with Gasteiger partial charge < -0.3 is 4.74 Å². The standard InChI is InChI=1S/C15H19N3O2S/c1-3-12(11-8-6-5-7-9-11)14(19)16-15-18-17-13(21-15)10-20-4-2/h5-9,12H,3-4,10H2,1-2H3,(H,16,18,19). The predicted octanol–water partition coefficient (Wildman–Crippen LogP) is 3.21. The van der Waals surface area contributed by atoms with E-state index in [1.54, 1.807) is 0 Å². The van der Waals surface area contributed by atoms with Crippen LogP contribution in [0.2, 0.25) is 0 Å². The number of carbonyl (C=O) groups is 1. The molecule has 1 unspecified atom stereocenters. The second-order valence-corrected chi connectivity index (χ2v) is 5.56. The molecule has 0 aliphatic carbocycles. The average molecular weight is 305 g/mol. The number of rotatable bonds is 7. The summed E-state index contributed by atoms with van der Waals surface area (Å²) in [6, 6.07) is 9.76. The van der Waals surface area contributed by atoms with Crippen LogP contribution in [-0.4, -0.2) is 22.7 Å². The highest BCUT2D eigenvalue weighted by Gasteiger charge is 2.19. The summed E-state index contributed by atoms with van der Waals surface area (Å²) >= 11 is 1.35. The SMILES string of the molecule is CCOCc1nnc(NC(=O)C(CC)c2ccccc2)s1. The molecule has 1 atom stereocenters. The number of hydrogen-bond donors (Lipinski definition) is 1. The van der Waals surface area contributed by atoms with Crippen molar-refractivity contribution in [2.75, 3.05) is 11.9 Å². The number of nitrogens with zero attached hydrogens (tertiary/aromatic N) is 2. The van der Waals surface area contributed by atoms with Gasteiger partial charge in [0.2, 0.25) is 11.0 Å². The van der Waals surface area contributed by atoms with Gasteiger partial charge >= 0.3 is 0 Å². The molecule has 1 aromatic carbocycles. The number of carbonyl (C=O) groups excluding carboxylic acids is 1. The fourth-order valence-corrected chi connectivity index (χ4v) is 2.68. The molecule has 1 aromatic heterocycles. The smallest absolute Gasteiger partial charge is 0.233 e. The number of aromatic nitrogens is 2. The zero-order chi connectivity index (χ0) is 15.1. The lowest BCUT2D eigenvalue weighted by Gasteiger charge is -2.13. The van der Waals surface area contributed by atoms with Crippen molar-refractivity contribution in [2.45, 2.75) is 32.8 Å². The van der Waals surface area contributed by atoms with Crippen molar-refractivity contribution in [3.8, 4) is 0 Å². The first kappa shape index (κ1) is 15.6. The van der Waals surface area contributed by atoms with E-state index in [0.717, 1.165) is 17.0 Å². The lowest BCUT2D eigenvalue weighted by molar-refractivity contribution is -0.117. The Morgan fingerprint density at radius 1 is 1.29 bits per heavy atom. The third kappa shape index (κ3) is 4.34. The van der Waals surface area contributed by atoms with Crippen LogP contribution in [0.3, 0.4) is 0 Å². The summed E-state index contributed by atoms with van der Waals surface area (Å²) < 4.78 is 5.27. The molecule has 6 heteroatoms. The average Bonchev–Trinajstić information content (AvgIpc) is 2.94. The van der Waals surface area contributed by atoms with Crippen LogP contribution in [0.1, 0.15) is 36.8 Å². The maximum Gasteiger partial charge on any atom is 0.233 e. The minimum Gasteiger partial charge on any atom is -0.374 e. The molecular weight excluding hydrogens is 286 g/mol. The Morgan fingerprint density at radius 3 is 2.71 bits per heavy atom. The van der Waals surface area contributed by atoms with Gasteiger partial charge in [-0.05, 0) is 18.9 Å². The molecule has 2 aromatic rings. The zero-order valence-electron chi connectivity index (χ0n) is 12.2. The third-order valence-corrected chi connectivity index (χ3v) is 3.87. The van der Waals surface area contributed by atoms with Crippen molar-refractivity contribution in [1.82, 2.24) is 10.2 Å². The van der Waals surface area contributed by atoms with Crippen LogP contribution in [0.25, 0.3) is 0 Å². The number of ether oxygens (including phenoxy) is 1. The van der Waals surface area contributed by atoms with E-state index in [0.29, 0.717) is 18.3 Å². The molecule has 0 bridgehead atoms. The van der Waals surface area contributed by atoms with E-state index in [4.69, 9.17) is 4.74 Å². The molecule has 0 saturated carbocycles. The first-order chi connectivity index (χ1) is 10.2. The molecule has 0 spiro atoms. The van der Waals surface area contributed by atoms with Crippen molar-refractivity contribution in [3.05, 3.63) is 40.9 Å². The summed E-state index contributed by atoms with van der Waals surface area (Å²) in [5.41, 5.74) is 1.01. The van der Waals surface area contributed by atoms with Crippen LogP contribution >= 0.6 is 11.3 Å². The largest absolute Gasteiger partial charge is 0.374 e. The van der Waals surface area contributed by atoms with Gasteiger partial charge in [0, 0.05) is 6.61 Å². The van der Waals surface area contributed by atoms with Crippen LogP contribution in [0.4, 0.5) is 5.13 Å². The molecule has 0 aliphatic heterocycles. The summed E-state index contributed by atoms with van der Waals surface area (Å²) in [5, 5.41) is 12.1. The van der Waals surface area contributed by atoms with Crippen molar-refractivity contribution >= 4 is 22.4 Å². The van der Waals surface area contributed by atoms with Gasteiger partial charge in [-0.1, -0.05) is 48.6 Å². The molecule has 21 heavy (non-hydrogen) atoms. The lowest BCUT2D eigenvalue weighted by atomic mass is 9.96. The molecule has 1 amide bonds. The number of hydrogen-bond acceptors (Lipinski definition) is 5.